The Morgan fingerprint density at radius 3 is 2.26 bits per heavy atom. The Morgan fingerprint density at radius 2 is 1.79 bits per heavy atom. The Morgan fingerprint density at radius 1 is 1.21 bits per heavy atom. The fourth-order valence-corrected chi connectivity index (χ4v) is 2.94. The minimum absolute atomic E-state index is 0.0273. The molecule has 0 aromatic heterocycles. The number of likely N-dealkylation sites (N-methyl/N-ethyl adjacent to an activating group) is 1. The number of carbonyl (C=O) groups excluding carboxylic acids is 1. The van der Waals surface area contributed by atoms with E-state index < -0.39 is 11.5 Å². The van der Waals surface area contributed by atoms with E-state index in [1.807, 2.05) is 6.92 Å². The number of carboxylic acids is 1. The van der Waals surface area contributed by atoms with Crippen molar-refractivity contribution >= 4 is 11.9 Å². The predicted molar refractivity (Wildman–Crippen MR) is 74.9 cm³/mol. The third-order valence-corrected chi connectivity index (χ3v) is 4.31. The van der Waals surface area contributed by atoms with Gasteiger partial charge in [0.2, 0.25) is 5.91 Å². The summed E-state index contributed by atoms with van der Waals surface area (Å²) >= 11 is 0. The van der Waals surface area contributed by atoms with E-state index in [-0.39, 0.29) is 5.91 Å². The molecule has 110 valence electrons. The Hall–Kier alpha value is -1.06. The number of nitrogens with zero attached hydrogens (tertiary/aromatic N) is 1. The topological polar surface area (TPSA) is 57.6 Å². The van der Waals surface area contributed by atoms with Crippen LogP contribution in [0.3, 0.4) is 0 Å². The SMILES string of the molecule is CCN(C(=O)CCC1CCCCC1)C(C)(C)C(=O)O. The van der Waals surface area contributed by atoms with Gasteiger partial charge in [0.05, 0.1) is 0 Å². The molecule has 0 aromatic carbocycles. The van der Waals surface area contributed by atoms with Gasteiger partial charge < -0.3 is 10.0 Å². The normalized spacial score (nSPS) is 17.2. The lowest BCUT2D eigenvalue weighted by molar-refractivity contribution is -0.156. The van der Waals surface area contributed by atoms with Crippen molar-refractivity contribution in [1.29, 1.82) is 0 Å². The van der Waals surface area contributed by atoms with Gasteiger partial charge in [-0.1, -0.05) is 32.1 Å². The van der Waals surface area contributed by atoms with Crippen molar-refractivity contribution in [2.45, 2.75) is 71.3 Å². The highest BCUT2D eigenvalue weighted by molar-refractivity contribution is 5.86. The molecule has 0 atom stereocenters. The van der Waals surface area contributed by atoms with Crippen molar-refractivity contribution in [3.8, 4) is 0 Å². The second-order valence-corrected chi connectivity index (χ2v) is 6.04. The van der Waals surface area contributed by atoms with E-state index in [4.69, 9.17) is 0 Å². The molecule has 1 aliphatic rings. The smallest absolute Gasteiger partial charge is 0.329 e. The van der Waals surface area contributed by atoms with Gasteiger partial charge in [-0.05, 0) is 33.1 Å². The molecule has 0 aliphatic heterocycles. The molecular weight excluding hydrogens is 242 g/mol. The molecule has 1 N–H and O–H groups in total. The first kappa shape index (κ1) is 16.0. The molecule has 0 spiro atoms. The third-order valence-electron chi connectivity index (χ3n) is 4.31. The fraction of sp³-hybridized carbons (Fsp3) is 0.867. The first-order valence-corrected chi connectivity index (χ1v) is 7.43. The van der Waals surface area contributed by atoms with Gasteiger partial charge in [0.25, 0.3) is 0 Å². The summed E-state index contributed by atoms with van der Waals surface area (Å²) in [5.41, 5.74) is -1.11. The lowest BCUT2D eigenvalue weighted by Crippen LogP contribution is -2.52. The standard InChI is InChI=1S/C15H27NO3/c1-4-16(15(2,3)14(18)19)13(17)11-10-12-8-6-5-7-9-12/h12H,4-11H2,1-3H3,(H,18,19). The van der Waals surface area contributed by atoms with E-state index in [9.17, 15) is 14.7 Å². The van der Waals surface area contributed by atoms with Gasteiger partial charge in [-0.15, -0.1) is 0 Å². The van der Waals surface area contributed by atoms with Gasteiger partial charge >= 0.3 is 5.97 Å². The monoisotopic (exact) mass is 269 g/mol. The van der Waals surface area contributed by atoms with Crippen LogP contribution in [0.1, 0.15) is 65.7 Å². The van der Waals surface area contributed by atoms with Gasteiger partial charge in [-0.3, -0.25) is 4.79 Å². The Balaban J connectivity index is 2.52. The number of amides is 1. The molecule has 4 heteroatoms. The van der Waals surface area contributed by atoms with Gasteiger partial charge in [0, 0.05) is 13.0 Å². The molecule has 0 saturated heterocycles. The van der Waals surface area contributed by atoms with Crippen LogP contribution in [0.15, 0.2) is 0 Å². The maximum Gasteiger partial charge on any atom is 0.329 e. The number of rotatable bonds is 6. The average molecular weight is 269 g/mol. The van der Waals surface area contributed by atoms with Gasteiger partial charge in [0.1, 0.15) is 5.54 Å². The molecule has 0 aromatic rings. The highest BCUT2D eigenvalue weighted by Gasteiger charge is 2.36. The molecular formula is C15H27NO3. The molecule has 1 aliphatic carbocycles. The lowest BCUT2D eigenvalue weighted by atomic mass is 9.86. The van der Waals surface area contributed by atoms with Crippen LogP contribution in [0.5, 0.6) is 0 Å². The number of hydrogen-bond acceptors (Lipinski definition) is 2. The largest absolute Gasteiger partial charge is 0.480 e. The lowest BCUT2D eigenvalue weighted by Gasteiger charge is -2.34. The summed E-state index contributed by atoms with van der Waals surface area (Å²) in [5.74, 6) is -0.315. The third kappa shape index (κ3) is 4.22. The molecule has 0 bridgehead atoms. The summed E-state index contributed by atoms with van der Waals surface area (Å²) < 4.78 is 0. The highest BCUT2D eigenvalue weighted by Crippen LogP contribution is 2.28. The first-order chi connectivity index (χ1) is 8.89. The summed E-state index contributed by atoms with van der Waals surface area (Å²) in [6.07, 6.45) is 7.70. The van der Waals surface area contributed by atoms with E-state index in [1.165, 1.54) is 37.0 Å². The zero-order chi connectivity index (χ0) is 14.5. The second kappa shape index (κ2) is 6.92. The summed E-state index contributed by atoms with van der Waals surface area (Å²) in [5, 5.41) is 9.21. The summed E-state index contributed by atoms with van der Waals surface area (Å²) in [7, 11) is 0. The van der Waals surface area contributed by atoms with Crippen LogP contribution in [0.4, 0.5) is 0 Å². The number of aliphatic carboxylic acids is 1. The zero-order valence-electron chi connectivity index (χ0n) is 12.4. The molecule has 1 fully saturated rings. The van der Waals surface area contributed by atoms with Crippen LogP contribution in [-0.2, 0) is 9.59 Å². The Labute approximate surface area is 116 Å². The van der Waals surface area contributed by atoms with E-state index in [2.05, 4.69) is 0 Å². The van der Waals surface area contributed by atoms with Crippen molar-refractivity contribution in [2.75, 3.05) is 6.54 Å². The molecule has 0 heterocycles. The summed E-state index contributed by atoms with van der Waals surface area (Å²) in [6.45, 7) is 5.47. The van der Waals surface area contributed by atoms with Crippen LogP contribution in [-0.4, -0.2) is 34.0 Å². The van der Waals surface area contributed by atoms with E-state index in [0.717, 1.165) is 6.42 Å². The van der Waals surface area contributed by atoms with Crippen LogP contribution >= 0.6 is 0 Å². The van der Waals surface area contributed by atoms with E-state index in [1.54, 1.807) is 13.8 Å². The number of carbonyl (C=O) groups is 2. The minimum Gasteiger partial charge on any atom is -0.480 e. The Bertz CT molecular complexity index is 319. The zero-order valence-corrected chi connectivity index (χ0v) is 12.4. The predicted octanol–water partition coefficient (Wildman–Crippen LogP) is 3.06. The van der Waals surface area contributed by atoms with E-state index >= 15 is 0 Å². The van der Waals surface area contributed by atoms with Crippen molar-refractivity contribution in [1.82, 2.24) is 4.90 Å². The van der Waals surface area contributed by atoms with Crippen molar-refractivity contribution in [2.24, 2.45) is 5.92 Å². The van der Waals surface area contributed by atoms with Crippen molar-refractivity contribution in [3.63, 3.8) is 0 Å². The van der Waals surface area contributed by atoms with Crippen molar-refractivity contribution < 1.29 is 14.7 Å². The highest BCUT2D eigenvalue weighted by atomic mass is 16.4. The first-order valence-electron chi connectivity index (χ1n) is 7.43. The Kier molecular flexibility index (Phi) is 5.83. The maximum absolute atomic E-state index is 12.2. The minimum atomic E-state index is -1.11. The second-order valence-electron chi connectivity index (χ2n) is 6.04. The average Bonchev–Trinajstić information content (AvgIpc) is 2.38. The molecule has 1 amide bonds. The number of carboxylic acid groups (broad SMARTS) is 1. The molecule has 4 nitrogen and oxygen atoms in total. The molecule has 0 radical (unpaired) electrons. The summed E-state index contributed by atoms with van der Waals surface area (Å²) in [4.78, 5) is 25.0. The van der Waals surface area contributed by atoms with Crippen LogP contribution in [0.25, 0.3) is 0 Å². The van der Waals surface area contributed by atoms with Gasteiger partial charge in [-0.2, -0.15) is 0 Å². The molecule has 0 unspecified atom stereocenters. The van der Waals surface area contributed by atoms with Gasteiger partial charge in [-0.25, -0.2) is 4.79 Å². The molecule has 19 heavy (non-hydrogen) atoms. The van der Waals surface area contributed by atoms with Crippen molar-refractivity contribution in [3.05, 3.63) is 0 Å². The molecule has 1 saturated carbocycles. The fourth-order valence-electron chi connectivity index (χ4n) is 2.94. The van der Waals surface area contributed by atoms with Crippen LogP contribution in [0, 0.1) is 5.92 Å². The van der Waals surface area contributed by atoms with Crippen LogP contribution in [0.2, 0.25) is 0 Å². The maximum atomic E-state index is 12.2. The van der Waals surface area contributed by atoms with E-state index in [0.29, 0.717) is 18.9 Å². The quantitative estimate of drug-likeness (QED) is 0.806. The number of hydrogen-bond donors (Lipinski definition) is 1. The molecule has 1 rings (SSSR count). The van der Waals surface area contributed by atoms with Gasteiger partial charge in [0.15, 0.2) is 0 Å². The van der Waals surface area contributed by atoms with Crippen LogP contribution < -0.4 is 0 Å². The summed E-state index contributed by atoms with van der Waals surface area (Å²) in [6, 6.07) is 0.